The van der Waals surface area contributed by atoms with Crippen LogP contribution < -0.4 is 0 Å². The molecule has 0 bridgehead atoms. The van der Waals surface area contributed by atoms with E-state index in [1.807, 2.05) is 6.26 Å². The fourth-order valence-corrected chi connectivity index (χ4v) is 4.68. The first-order chi connectivity index (χ1) is 9.36. The van der Waals surface area contributed by atoms with E-state index in [0.29, 0.717) is 13.1 Å². The van der Waals surface area contributed by atoms with Crippen LogP contribution >= 0.6 is 11.8 Å². The van der Waals surface area contributed by atoms with E-state index in [-0.39, 0.29) is 11.5 Å². The van der Waals surface area contributed by atoms with Crippen LogP contribution in [0.3, 0.4) is 0 Å². The van der Waals surface area contributed by atoms with Crippen molar-refractivity contribution in [1.29, 1.82) is 0 Å². The fraction of sp³-hybridized carbons (Fsp3) is 0.538. The first-order valence-corrected chi connectivity index (χ1v) is 9.14. The third-order valence-corrected chi connectivity index (χ3v) is 6.17. The molecular weight excluding hydrogens is 304 g/mol. The summed E-state index contributed by atoms with van der Waals surface area (Å²) >= 11 is 1.66. The minimum atomic E-state index is -3.95. The Morgan fingerprint density at radius 1 is 1.35 bits per heavy atom. The van der Waals surface area contributed by atoms with Crippen molar-refractivity contribution in [1.82, 2.24) is 4.31 Å². The number of nitrogens with zero attached hydrogens (tertiary/aromatic N) is 1. The number of benzene rings is 1. The number of halogens is 2. The molecule has 0 saturated carbocycles. The summed E-state index contributed by atoms with van der Waals surface area (Å²) in [5, 5.41) is 0. The van der Waals surface area contributed by atoms with Gasteiger partial charge in [0.1, 0.15) is 16.5 Å². The standard InChI is InChI=1S/C13H17F2NO2S2/c1-9-5-12(15)13(6-11(9)14)20(17,18)16-4-3-10(7-16)8-19-2/h5-6,10H,3-4,7-8H2,1-2H3. The summed E-state index contributed by atoms with van der Waals surface area (Å²) in [5.74, 6) is -0.447. The number of hydrogen-bond acceptors (Lipinski definition) is 3. The fourth-order valence-electron chi connectivity index (χ4n) is 2.35. The molecule has 3 nitrogen and oxygen atoms in total. The maximum atomic E-state index is 13.8. The third kappa shape index (κ3) is 2.99. The van der Waals surface area contributed by atoms with Gasteiger partial charge in [0.05, 0.1) is 0 Å². The van der Waals surface area contributed by atoms with Crippen LogP contribution in [-0.4, -0.2) is 37.8 Å². The smallest absolute Gasteiger partial charge is 0.207 e. The van der Waals surface area contributed by atoms with Gasteiger partial charge in [-0.3, -0.25) is 0 Å². The molecule has 20 heavy (non-hydrogen) atoms. The van der Waals surface area contributed by atoms with Crippen molar-refractivity contribution in [3.05, 3.63) is 29.3 Å². The summed E-state index contributed by atoms with van der Waals surface area (Å²) in [5.41, 5.74) is 0.100. The van der Waals surface area contributed by atoms with Crippen LogP contribution in [0, 0.1) is 24.5 Å². The van der Waals surface area contributed by atoms with Gasteiger partial charge >= 0.3 is 0 Å². The van der Waals surface area contributed by atoms with Gasteiger partial charge in [0.15, 0.2) is 0 Å². The summed E-state index contributed by atoms with van der Waals surface area (Å²) < 4.78 is 53.4. The minimum Gasteiger partial charge on any atom is -0.207 e. The van der Waals surface area contributed by atoms with E-state index in [1.54, 1.807) is 11.8 Å². The number of hydrogen-bond donors (Lipinski definition) is 0. The molecule has 1 atom stereocenters. The third-order valence-electron chi connectivity index (χ3n) is 3.48. The van der Waals surface area contributed by atoms with E-state index in [9.17, 15) is 17.2 Å². The van der Waals surface area contributed by atoms with Crippen molar-refractivity contribution in [3.8, 4) is 0 Å². The van der Waals surface area contributed by atoms with E-state index >= 15 is 0 Å². The van der Waals surface area contributed by atoms with Gasteiger partial charge in [0.25, 0.3) is 0 Å². The normalized spacial score (nSPS) is 20.5. The molecule has 0 N–H and O–H groups in total. The number of aryl methyl sites for hydroxylation is 1. The van der Waals surface area contributed by atoms with Gasteiger partial charge in [-0.05, 0) is 49.0 Å². The van der Waals surface area contributed by atoms with E-state index in [2.05, 4.69) is 0 Å². The van der Waals surface area contributed by atoms with Crippen LogP contribution in [0.2, 0.25) is 0 Å². The molecule has 1 fully saturated rings. The topological polar surface area (TPSA) is 37.4 Å². The Morgan fingerprint density at radius 2 is 2.05 bits per heavy atom. The highest BCUT2D eigenvalue weighted by Gasteiger charge is 2.34. The first-order valence-electron chi connectivity index (χ1n) is 6.31. The lowest BCUT2D eigenvalue weighted by atomic mass is 10.2. The maximum absolute atomic E-state index is 13.8. The van der Waals surface area contributed by atoms with Crippen molar-refractivity contribution in [3.63, 3.8) is 0 Å². The highest BCUT2D eigenvalue weighted by Crippen LogP contribution is 2.28. The molecule has 0 aromatic heterocycles. The average Bonchev–Trinajstić information content (AvgIpc) is 2.83. The number of thioether (sulfide) groups is 1. The van der Waals surface area contributed by atoms with Crippen LogP contribution in [0.4, 0.5) is 8.78 Å². The van der Waals surface area contributed by atoms with Gasteiger partial charge in [-0.25, -0.2) is 17.2 Å². The van der Waals surface area contributed by atoms with Crippen molar-refractivity contribution in [2.24, 2.45) is 5.92 Å². The number of rotatable bonds is 4. The molecular formula is C13H17F2NO2S2. The van der Waals surface area contributed by atoms with Crippen LogP contribution in [0.1, 0.15) is 12.0 Å². The Bertz CT molecular complexity index is 605. The Kier molecular flexibility index (Phi) is 4.71. The Balaban J connectivity index is 2.30. The van der Waals surface area contributed by atoms with E-state index in [4.69, 9.17) is 0 Å². The van der Waals surface area contributed by atoms with Crippen molar-refractivity contribution < 1.29 is 17.2 Å². The predicted octanol–water partition coefficient (Wildman–Crippen LogP) is 2.65. The second-order valence-electron chi connectivity index (χ2n) is 5.00. The largest absolute Gasteiger partial charge is 0.246 e. The van der Waals surface area contributed by atoms with Crippen LogP contribution in [-0.2, 0) is 10.0 Å². The molecule has 1 saturated heterocycles. The van der Waals surface area contributed by atoms with E-state index in [0.717, 1.165) is 24.3 Å². The Morgan fingerprint density at radius 3 is 2.70 bits per heavy atom. The van der Waals surface area contributed by atoms with Crippen molar-refractivity contribution in [2.45, 2.75) is 18.2 Å². The predicted molar refractivity (Wildman–Crippen MR) is 76.3 cm³/mol. The van der Waals surface area contributed by atoms with E-state index in [1.165, 1.54) is 11.2 Å². The molecule has 1 heterocycles. The summed E-state index contributed by atoms with van der Waals surface area (Å²) in [4.78, 5) is -0.564. The zero-order chi connectivity index (χ0) is 14.9. The molecule has 0 aliphatic carbocycles. The first kappa shape index (κ1) is 15.7. The minimum absolute atomic E-state index is 0.100. The second-order valence-corrected chi connectivity index (χ2v) is 7.82. The lowest BCUT2D eigenvalue weighted by molar-refractivity contribution is 0.457. The van der Waals surface area contributed by atoms with Gasteiger partial charge < -0.3 is 0 Å². The van der Waals surface area contributed by atoms with Crippen molar-refractivity contribution >= 4 is 21.8 Å². The monoisotopic (exact) mass is 321 g/mol. The van der Waals surface area contributed by atoms with Gasteiger partial charge in [0.2, 0.25) is 10.0 Å². The van der Waals surface area contributed by atoms with Crippen LogP contribution in [0.5, 0.6) is 0 Å². The Labute approximate surface area is 122 Å². The molecule has 0 spiro atoms. The van der Waals surface area contributed by atoms with Gasteiger partial charge in [-0.2, -0.15) is 16.1 Å². The molecule has 1 unspecified atom stereocenters. The Hall–Kier alpha value is -0.660. The second kappa shape index (κ2) is 5.99. The average molecular weight is 321 g/mol. The van der Waals surface area contributed by atoms with Gasteiger partial charge in [-0.15, -0.1) is 0 Å². The summed E-state index contributed by atoms with van der Waals surface area (Å²) in [6, 6.07) is 1.71. The zero-order valence-electron chi connectivity index (χ0n) is 11.4. The molecule has 1 aromatic carbocycles. The van der Waals surface area contributed by atoms with Crippen LogP contribution in [0.15, 0.2) is 17.0 Å². The molecule has 0 amide bonds. The molecule has 7 heteroatoms. The van der Waals surface area contributed by atoms with Crippen LogP contribution in [0.25, 0.3) is 0 Å². The lowest BCUT2D eigenvalue weighted by Gasteiger charge is -2.17. The van der Waals surface area contributed by atoms with Gasteiger partial charge in [0, 0.05) is 13.1 Å². The SMILES string of the molecule is CSCC1CCN(S(=O)(=O)c2cc(F)c(C)cc2F)C1. The summed E-state index contributed by atoms with van der Waals surface area (Å²) in [7, 11) is -3.95. The molecule has 112 valence electrons. The quantitative estimate of drug-likeness (QED) is 0.855. The maximum Gasteiger partial charge on any atom is 0.246 e. The van der Waals surface area contributed by atoms with E-state index < -0.39 is 26.6 Å². The zero-order valence-corrected chi connectivity index (χ0v) is 13.0. The highest BCUT2D eigenvalue weighted by atomic mass is 32.2. The molecule has 2 rings (SSSR count). The highest BCUT2D eigenvalue weighted by molar-refractivity contribution is 7.98. The molecule has 1 aliphatic rings. The molecule has 1 aromatic rings. The molecule has 1 aliphatic heterocycles. The summed E-state index contributed by atoms with van der Waals surface area (Å²) in [6.07, 6.45) is 2.72. The lowest BCUT2D eigenvalue weighted by Crippen LogP contribution is -2.30. The molecule has 0 radical (unpaired) electrons. The van der Waals surface area contributed by atoms with Gasteiger partial charge in [-0.1, -0.05) is 0 Å². The van der Waals surface area contributed by atoms with Crippen molar-refractivity contribution in [2.75, 3.05) is 25.1 Å². The summed E-state index contributed by atoms with van der Waals surface area (Å²) in [6.45, 7) is 2.14. The number of sulfonamides is 1.